The number of aromatic amines is 1. The molecule has 1 N–H and O–H groups in total. The van der Waals surface area contributed by atoms with Crippen molar-refractivity contribution >= 4 is 33.6 Å². The fourth-order valence-corrected chi connectivity index (χ4v) is 4.02. The van der Waals surface area contributed by atoms with Gasteiger partial charge in [0, 0.05) is 10.9 Å². The van der Waals surface area contributed by atoms with E-state index in [2.05, 4.69) is 19.9 Å². The molecule has 2 aromatic heterocycles. The number of nitrogens with zero attached hydrogens (tertiary/aromatic N) is 3. The first-order valence-corrected chi connectivity index (χ1v) is 9.80. The second-order valence-electron chi connectivity index (χ2n) is 7.24. The Morgan fingerprint density at radius 3 is 2.75 bits per heavy atom. The SMILES string of the molecule is O=c1[nH]c(CN2CCC(c3nc4ccccc4o3)CC2)nc2ccc(Cl)cc12. The third kappa shape index (κ3) is 3.30. The lowest BCUT2D eigenvalue weighted by molar-refractivity contribution is 0.190. The monoisotopic (exact) mass is 394 g/mol. The van der Waals surface area contributed by atoms with Gasteiger partial charge in [-0.3, -0.25) is 9.69 Å². The number of aromatic nitrogens is 3. The lowest BCUT2D eigenvalue weighted by Crippen LogP contribution is -2.33. The molecule has 0 amide bonds. The van der Waals surface area contributed by atoms with Crippen molar-refractivity contribution in [1.82, 2.24) is 19.9 Å². The molecule has 1 saturated heterocycles. The lowest BCUT2D eigenvalue weighted by atomic mass is 9.97. The van der Waals surface area contributed by atoms with Crippen molar-refractivity contribution in [3.63, 3.8) is 0 Å². The van der Waals surface area contributed by atoms with Crippen LogP contribution in [-0.2, 0) is 6.54 Å². The van der Waals surface area contributed by atoms with Crippen LogP contribution < -0.4 is 5.56 Å². The number of benzene rings is 2. The summed E-state index contributed by atoms with van der Waals surface area (Å²) in [5.74, 6) is 1.84. The van der Waals surface area contributed by atoms with Crippen LogP contribution >= 0.6 is 11.6 Å². The Morgan fingerprint density at radius 1 is 1.11 bits per heavy atom. The molecule has 0 spiro atoms. The van der Waals surface area contributed by atoms with Crippen molar-refractivity contribution in [2.75, 3.05) is 13.1 Å². The van der Waals surface area contributed by atoms with Gasteiger partial charge in [-0.2, -0.15) is 0 Å². The van der Waals surface area contributed by atoms with E-state index in [1.807, 2.05) is 24.3 Å². The maximum atomic E-state index is 12.3. The summed E-state index contributed by atoms with van der Waals surface area (Å²) in [7, 11) is 0. The molecule has 2 aromatic carbocycles. The smallest absolute Gasteiger partial charge is 0.258 e. The number of piperidine rings is 1. The fourth-order valence-electron chi connectivity index (χ4n) is 3.85. The maximum absolute atomic E-state index is 12.3. The molecule has 7 heteroatoms. The van der Waals surface area contributed by atoms with Gasteiger partial charge in [0.05, 0.1) is 17.4 Å². The van der Waals surface area contributed by atoms with Crippen LogP contribution in [0.2, 0.25) is 5.02 Å². The molecule has 4 aromatic rings. The Kier molecular flexibility index (Phi) is 4.37. The second kappa shape index (κ2) is 7.04. The zero-order valence-corrected chi connectivity index (χ0v) is 15.9. The predicted octanol–water partition coefficient (Wildman–Crippen LogP) is 4.10. The van der Waals surface area contributed by atoms with Crippen molar-refractivity contribution in [3.8, 4) is 0 Å². The number of hydrogen-bond acceptors (Lipinski definition) is 5. The summed E-state index contributed by atoms with van der Waals surface area (Å²) in [6, 6.07) is 13.1. The predicted molar refractivity (Wildman–Crippen MR) is 109 cm³/mol. The van der Waals surface area contributed by atoms with Gasteiger partial charge >= 0.3 is 0 Å². The Balaban J connectivity index is 1.29. The van der Waals surface area contributed by atoms with Crippen LogP contribution in [0, 0.1) is 0 Å². The van der Waals surface area contributed by atoms with Crippen LogP contribution in [0.25, 0.3) is 22.0 Å². The highest BCUT2D eigenvalue weighted by molar-refractivity contribution is 6.31. The first kappa shape index (κ1) is 17.4. The molecule has 0 unspecified atom stereocenters. The van der Waals surface area contributed by atoms with Gasteiger partial charge in [-0.15, -0.1) is 0 Å². The van der Waals surface area contributed by atoms with E-state index in [9.17, 15) is 4.79 Å². The highest BCUT2D eigenvalue weighted by Crippen LogP contribution is 2.30. The lowest BCUT2D eigenvalue weighted by Gasteiger charge is -2.30. The molecule has 0 radical (unpaired) electrons. The summed E-state index contributed by atoms with van der Waals surface area (Å²) in [6.07, 6.45) is 1.94. The quantitative estimate of drug-likeness (QED) is 0.566. The van der Waals surface area contributed by atoms with E-state index >= 15 is 0 Å². The van der Waals surface area contributed by atoms with Crippen molar-refractivity contribution in [1.29, 1.82) is 0 Å². The molecule has 1 fully saturated rings. The zero-order valence-electron chi connectivity index (χ0n) is 15.2. The van der Waals surface area contributed by atoms with Gasteiger partial charge in [-0.1, -0.05) is 23.7 Å². The van der Waals surface area contributed by atoms with Crippen LogP contribution in [0.1, 0.15) is 30.5 Å². The first-order chi connectivity index (χ1) is 13.7. The van der Waals surface area contributed by atoms with Crippen molar-refractivity contribution in [3.05, 3.63) is 69.6 Å². The number of para-hydroxylation sites is 2. The molecule has 28 heavy (non-hydrogen) atoms. The molecule has 0 aliphatic carbocycles. The molecule has 1 aliphatic heterocycles. The molecule has 0 bridgehead atoms. The van der Waals surface area contributed by atoms with Crippen molar-refractivity contribution in [2.24, 2.45) is 0 Å². The Hall–Kier alpha value is -2.70. The summed E-state index contributed by atoms with van der Waals surface area (Å²) in [5.41, 5.74) is 2.28. The van der Waals surface area contributed by atoms with Crippen LogP contribution in [0.3, 0.4) is 0 Å². The summed E-state index contributed by atoms with van der Waals surface area (Å²) in [4.78, 5) is 26.7. The van der Waals surface area contributed by atoms with Gasteiger partial charge in [0.1, 0.15) is 11.3 Å². The minimum Gasteiger partial charge on any atom is -0.440 e. The number of nitrogens with one attached hydrogen (secondary N) is 1. The van der Waals surface area contributed by atoms with Crippen molar-refractivity contribution < 1.29 is 4.42 Å². The minimum absolute atomic E-state index is 0.149. The molecule has 142 valence electrons. The highest BCUT2D eigenvalue weighted by Gasteiger charge is 2.25. The van der Waals surface area contributed by atoms with Gasteiger partial charge in [0.25, 0.3) is 5.56 Å². The molecule has 1 aliphatic rings. The van der Waals surface area contributed by atoms with E-state index in [-0.39, 0.29) is 5.56 Å². The number of hydrogen-bond donors (Lipinski definition) is 1. The molecule has 0 saturated carbocycles. The number of H-pyrrole nitrogens is 1. The van der Waals surface area contributed by atoms with E-state index < -0.39 is 0 Å². The zero-order chi connectivity index (χ0) is 19.1. The van der Waals surface area contributed by atoms with E-state index in [4.69, 9.17) is 16.0 Å². The third-order valence-electron chi connectivity index (χ3n) is 5.34. The van der Waals surface area contributed by atoms with Crippen LogP contribution in [-0.4, -0.2) is 32.9 Å². The Morgan fingerprint density at radius 2 is 1.93 bits per heavy atom. The summed E-state index contributed by atoms with van der Waals surface area (Å²) >= 11 is 5.97. The number of halogens is 1. The third-order valence-corrected chi connectivity index (χ3v) is 5.57. The number of oxazole rings is 1. The standard InChI is InChI=1S/C21H19ClN4O2/c22-14-5-6-16-15(11-14)20(27)25-19(23-16)12-26-9-7-13(8-10-26)21-24-17-3-1-2-4-18(17)28-21/h1-6,11,13H,7-10,12H2,(H,23,25,27). The van der Waals surface area contributed by atoms with Crippen molar-refractivity contribution in [2.45, 2.75) is 25.3 Å². The molecular formula is C21H19ClN4O2. The van der Waals surface area contributed by atoms with Gasteiger partial charge < -0.3 is 9.40 Å². The average Bonchev–Trinajstić information content (AvgIpc) is 3.13. The summed E-state index contributed by atoms with van der Waals surface area (Å²) in [6.45, 7) is 2.44. The molecule has 3 heterocycles. The topological polar surface area (TPSA) is 75.0 Å². The molecule has 6 nitrogen and oxygen atoms in total. The second-order valence-corrected chi connectivity index (χ2v) is 7.68. The number of fused-ring (bicyclic) bond motifs is 2. The van der Waals surface area contributed by atoms with E-state index in [1.54, 1.807) is 18.2 Å². The van der Waals surface area contributed by atoms with Gasteiger partial charge in [0.2, 0.25) is 0 Å². The highest BCUT2D eigenvalue weighted by atomic mass is 35.5. The van der Waals surface area contributed by atoms with Crippen LogP contribution in [0.4, 0.5) is 0 Å². The molecular weight excluding hydrogens is 376 g/mol. The fraction of sp³-hybridized carbons (Fsp3) is 0.286. The summed E-state index contributed by atoms with van der Waals surface area (Å²) < 4.78 is 5.93. The van der Waals surface area contributed by atoms with E-state index in [0.29, 0.717) is 34.2 Å². The number of likely N-dealkylation sites (tertiary alicyclic amines) is 1. The van der Waals surface area contributed by atoms with Gasteiger partial charge in [0.15, 0.2) is 11.5 Å². The van der Waals surface area contributed by atoms with Crippen LogP contribution in [0.5, 0.6) is 0 Å². The average molecular weight is 395 g/mol. The Bertz CT molecular complexity index is 1170. The van der Waals surface area contributed by atoms with E-state index in [1.165, 1.54) is 0 Å². The normalized spacial score (nSPS) is 16.2. The molecule has 5 rings (SSSR count). The minimum atomic E-state index is -0.149. The van der Waals surface area contributed by atoms with Gasteiger partial charge in [-0.05, 0) is 56.3 Å². The first-order valence-electron chi connectivity index (χ1n) is 9.42. The molecule has 0 atom stereocenters. The van der Waals surface area contributed by atoms with Gasteiger partial charge in [-0.25, -0.2) is 9.97 Å². The van der Waals surface area contributed by atoms with Crippen LogP contribution in [0.15, 0.2) is 51.7 Å². The largest absolute Gasteiger partial charge is 0.440 e. The number of rotatable bonds is 3. The maximum Gasteiger partial charge on any atom is 0.258 e. The van der Waals surface area contributed by atoms with E-state index in [0.717, 1.165) is 42.9 Å². The Labute approximate surface area is 166 Å². The summed E-state index contributed by atoms with van der Waals surface area (Å²) in [5, 5.41) is 1.06.